The first-order chi connectivity index (χ1) is 11.2. The highest BCUT2D eigenvalue weighted by Crippen LogP contribution is 2.21. The predicted octanol–water partition coefficient (Wildman–Crippen LogP) is 4.30. The summed E-state index contributed by atoms with van der Waals surface area (Å²) in [6.45, 7) is 0.0122. The third-order valence-electron chi connectivity index (χ3n) is 2.98. The smallest absolute Gasteiger partial charge is 0.331 e. The van der Waals surface area contributed by atoms with E-state index in [1.165, 1.54) is 29.5 Å². The van der Waals surface area contributed by atoms with E-state index in [0.717, 1.165) is 4.88 Å². The van der Waals surface area contributed by atoms with Gasteiger partial charge in [-0.05, 0) is 41.8 Å². The highest BCUT2D eigenvalue weighted by atomic mass is 32.1. The molecule has 0 spiro atoms. The Labute approximate surface area is 135 Å². The van der Waals surface area contributed by atoms with Crippen LogP contribution in [0.5, 0.6) is 0 Å². The average molecular weight is 329 g/mol. The van der Waals surface area contributed by atoms with Gasteiger partial charge in [0.05, 0.1) is 0 Å². The van der Waals surface area contributed by atoms with Crippen LogP contribution in [0, 0.1) is 5.82 Å². The van der Waals surface area contributed by atoms with Crippen LogP contribution in [0.15, 0.2) is 58.4 Å². The number of hydrogen-bond donors (Lipinski definition) is 0. The summed E-state index contributed by atoms with van der Waals surface area (Å²) in [6, 6.07) is 11.3. The SMILES string of the molecule is O=C(/C=C/c1cccs1)OCc1cc(-c2ccc(F)cc2)on1. The molecule has 1 aromatic carbocycles. The van der Waals surface area contributed by atoms with Crippen LogP contribution in [0.2, 0.25) is 0 Å². The molecular formula is C17H12FNO3S. The second kappa shape index (κ2) is 7.02. The number of ether oxygens (including phenoxy) is 1. The number of carbonyl (C=O) groups is 1. The molecule has 0 N–H and O–H groups in total. The van der Waals surface area contributed by atoms with Crippen LogP contribution in [0.4, 0.5) is 4.39 Å². The average Bonchev–Trinajstić information content (AvgIpc) is 3.23. The van der Waals surface area contributed by atoms with Crippen molar-refractivity contribution in [1.29, 1.82) is 0 Å². The summed E-state index contributed by atoms with van der Waals surface area (Å²) in [5.41, 5.74) is 1.19. The van der Waals surface area contributed by atoms with Gasteiger partial charge in [-0.1, -0.05) is 11.2 Å². The van der Waals surface area contributed by atoms with E-state index in [2.05, 4.69) is 5.16 Å². The molecule has 116 valence electrons. The number of nitrogens with zero attached hydrogens (tertiary/aromatic N) is 1. The van der Waals surface area contributed by atoms with Crippen molar-refractivity contribution in [3.8, 4) is 11.3 Å². The Morgan fingerprint density at radius 2 is 2.13 bits per heavy atom. The summed E-state index contributed by atoms with van der Waals surface area (Å²) >= 11 is 1.53. The molecule has 0 bridgehead atoms. The third-order valence-corrected chi connectivity index (χ3v) is 3.81. The van der Waals surface area contributed by atoms with Crippen LogP contribution in [0.25, 0.3) is 17.4 Å². The summed E-state index contributed by atoms with van der Waals surface area (Å²) < 4.78 is 23.1. The van der Waals surface area contributed by atoms with E-state index >= 15 is 0 Å². The third kappa shape index (κ3) is 4.14. The van der Waals surface area contributed by atoms with E-state index in [0.29, 0.717) is 17.0 Å². The highest BCUT2D eigenvalue weighted by Gasteiger charge is 2.08. The number of rotatable bonds is 5. The van der Waals surface area contributed by atoms with Gasteiger partial charge in [0.25, 0.3) is 0 Å². The largest absolute Gasteiger partial charge is 0.456 e. The lowest BCUT2D eigenvalue weighted by Gasteiger charge is -1.96. The van der Waals surface area contributed by atoms with Gasteiger partial charge in [-0.2, -0.15) is 0 Å². The van der Waals surface area contributed by atoms with Crippen molar-refractivity contribution in [3.63, 3.8) is 0 Å². The standard InChI is InChI=1S/C17H12FNO3S/c18-13-5-3-12(4-6-13)16-10-14(19-22-16)11-21-17(20)8-7-15-2-1-9-23-15/h1-10H,11H2/b8-7+. The molecule has 0 amide bonds. The van der Waals surface area contributed by atoms with Crippen molar-refractivity contribution in [3.05, 3.63) is 70.3 Å². The number of hydrogen-bond acceptors (Lipinski definition) is 5. The van der Waals surface area contributed by atoms with Gasteiger partial charge in [-0.25, -0.2) is 9.18 Å². The molecule has 0 aliphatic rings. The molecule has 0 atom stereocenters. The zero-order valence-corrected chi connectivity index (χ0v) is 12.8. The molecule has 4 nitrogen and oxygen atoms in total. The van der Waals surface area contributed by atoms with Gasteiger partial charge in [-0.3, -0.25) is 0 Å². The molecule has 0 fully saturated rings. The van der Waals surface area contributed by atoms with Gasteiger partial charge in [0.15, 0.2) is 5.76 Å². The number of thiophene rings is 1. The lowest BCUT2D eigenvalue weighted by molar-refractivity contribution is -0.139. The van der Waals surface area contributed by atoms with Crippen molar-refractivity contribution in [2.24, 2.45) is 0 Å². The Hall–Kier alpha value is -2.73. The Morgan fingerprint density at radius 3 is 2.87 bits per heavy atom. The van der Waals surface area contributed by atoms with Crippen LogP contribution in [-0.4, -0.2) is 11.1 Å². The van der Waals surface area contributed by atoms with E-state index < -0.39 is 5.97 Å². The molecule has 0 radical (unpaired) electrons. The van der Waals surface area contributed by atoms with E-state index in [4.69, 9.17) is 9.26 Å². The predicted molar refractivity (Wildman–Crippen MR) is 85.0 cm³/mol. The molecule has 0 saturated heterocycles. The van der Waals surface area contributed by atoms with Crippen LogP contribution in [0.1, 0.15) is 10.6 Å². The molecule has 3 aromatic rings. The molecule has 6 heteroatoms. The van der Waals surface area contributed by atoms with Crippen molar-refractivity contribution in [1.82, 2.24) is 5.16 Å². The lowest BCUT2D eigenvalue weighted by Crippen LogP contribution is -2.00. The van der Waals surface area contributed by atoms with Crippen LogP contribution in [0.3, 0.4) is 0 Å². The van der Waals surface area contributed by atoms with Gasteiger partial charge in [-0.15, -0.1) is 11.3 Å². The first-order valence-electron chi connectivity index (χ1n) is 6.80. The van der Waals surface area contributed by atoms with Crippen molar-refractivity contribution in [2.45, 2.75) is 6.61 Å². The molecule has 23 heavy (non-hydrogen) atoms. The molecule has 0 aliphatic heterocycles. The molecule has 0 aliphatic carbocycles. The first kappa shape index (κ1) is 15.2. The van der Waals surface area contributed by atoms with E-state index in [9.17, 15) is 9.18 Å². The second-order valence-corrected chi connectivity index (χ2v) is 5.63. The van der Waals surface area contributed by atoms with Crippen LogP contribution < -0.4 is 0 Å². The fraction of sp³-hybridized carbons (Fsp3) is 0.0588. The minimum atomic E-state index is -0.454. The maximum atomic E-state index is 12.9. The number of esters is 1. The Balaban J connectivity index is 1.57. The zero-order valence-electron chi connectivity index (χ0n) is 11.9. The van der Waals surface area contributed by atoms with Crippen molar-refractivity contribution in [2.75, 3.05) is 0 Å². The van der Waals surface area contributed by atoms with E-state index in [1.807, 2.05) is 17.5 Å². The summed E-state index contributed by atoms with van der Waals surface area (Å²) in [5, 5.41) is 5.76. The minimum absolute atomic E-state index is 0.0122. The van der Waals surface area contributed by atoms with E-state index in [1.54, 1.807) is 24.3 Å². The molecule has 0 unspecified atom stereocenters. The zero-order chi connectivity index (χ0) is 16.1. The normalized spacial score (nSPS) is 11.0. The van der Waals surface area contributed by atoms with Crippen LogP contribution in [-0.2, 0) is 16.1 Å². The topological polar surface area (TPSA) is 52.3 Å². The minimum Gasteiger partial charge on any atom is -0.456 e. The van der Waals surface area contributed by atoms with Crippen molar-refractivity contribution >= 4 is 23.4 Å². The Kier molecular flexibility index (Phi) is 4.63. The van der Waals surface area contributed by atoms with Gasteiger partial charge < -0.3 is 9.26 Å². The number of halogens is 1. The summed E-state index contributed by atoms with van der Waals surface area (Å²) in [5.74, 6) is -0.283. The van der Waals surface area contributed by atoms with Gasteiger partial charge >= 0.3 is 5.97 Å². The number of aromatic nitrogens is 1. The molecule has 0 saturated carbocycles. The fourth-order valence-electron chi connectivity index (χ4n) is 1.86. The quantitative estimate of drug-likeness (QED) is 0.517. The molecule has 3 rings (SSSR count). The Bertz CT molecular complexity index is 807. The summed E-state index contributed by atoms with van der Waals surface area (Å²) in [4.78, 5) is 12.6. The molecule has 2 aromatic heterocycles. The highest BCUT2D eigenvalue weighted by molar-refractivity contribution is 7.10. The van der Waals surface area contributed by atoms with Crippen molar-refractivity contribution < 1.29 is 18.4 Å². The van der Waals surface area contributed by atoms with Gasteiger partial charge in [0.1, 0.15) is 18.1 Å². The van der Waals surface area contributed by atoms with Crippen LogP contribution >= 0.6 is 11.3 Å². The lowest BCUT2D eigenvalue weighted by atomic mass is 10.1. The maximum Gasteiger partial charge on any atom is 0.331 e. The summed E-state index contributed by atoms with van der Waals surface area (Å²) in [7, 11) is 0. The number of carbonyl (C=O) groups excluding carboxylic acids is 1. The monoisotopic (exact) mass is 329 g/mol. The number of benzene rings is 1. The Morgan fingerprint density at radius 1 is 1.30 bits per heavy atom. The first-order valence-corrected chi connectivity index (χ1v) is 7.68. The van der Waals surface area contributed by atoms with Gasteiger partial charge in [0.2, 0.25) is 0 Å². The van der Waals surface area contributed by atoms with Gasteiger partial charge in [0, 0.05) is 22.6 Å². The van der Waals surface area contributed by atoms with E-state index in [-0.39, 0.29) is 12.4 Å². The maximum absolute atomic E-state index is 12.9. The molecular weight excluding hydrogens is 317 g/mol. The fourth-order valence-corrected chi connectivity index (χ4v) is 2.48. The molecule has 2 heterocycles. The summed E-state index contributed by atoms with van der Waals surface area (Å²) in [6.07, 6.45) is 3.06. The second-order valence-electron chi connectivity index (χ2n) is 4.65.